The Bertz CT molecular complexity index is 569. The van der Waals surface area contributed by atoms with Crippen molar-refractivity contribution in [3.8, 4) is 0 Å². The molecule has 18 heavy (non-hydrogen) atoms. The van der Waals surface area contributed by atoms with Gasteiger partial charge in [0.05, 0.1) is 11.2 Å². The second-order valence-electron chi connectivity index (χ2n) is 4.18. The van der Waals surface area contributed by atoms with E-state index >= 15 is 0 Å². The van der Waals surface area contributed by atoms with Crippen molar-refractivity contribution in [2.75, 3.05) is 5.32 Å². The van der Waals surface area contributed by atoms with Crippen LogP contribution in [0.25, 0.3) is 10.9 Å². The molecule has 3 nitrogen and oxygen atoms in total. The maximum Gasteiger partial charge on any atom is 0.224 e. The molecule has 94 valence electrons. The number of pyridine rings is 1. The monoisotopic (exact) mass is 306 g/mol. The fourth-order valence-corrected chi connectivity index (χ4v) is 2.13. The summed E-state index contributed by atoms with van der Waals surface area (Å²) in [6, 6.07) is 7.78. The number of aromatic nitrogens is 1. The maximum atomic E-state index is 11.7. The SMILES string of the molecule is CCCCC(=O)Nc1cccc2cc(Br)cnc12. The van der Waals surface area contributed by atoms with Crippen LogP contribution in [0.5, 0.6) is 0 Å². The van der Waals surface area contributed by atoms with Crippen LogP contribution in [0, 0.1) is 0 Å². The minimum atomic E-state index is 0.0501. The molecule has 0 fully saturated rings. The predicted octanol–water partition coefficient (Wildman–Crippen LogP) is 4.13. The minimum Gasteiger partial charge on any atom is -0.324 e. The van der Waals surface area contributed by atoms with Crippen molar-refractivity contribution in [1.82, 2.24) is 4.98 Å². The summed E-state index contributed by atoms with van der Waals surface area (Å²) < 4.78 is 0.935. The molecule has 2 rings (SSSR count). The zero-order chi connectivity index (χ0) is 13.0. The Morgan fingerprint density at radius 1 is 1.44 bits per heavy atom. The third kappa shape index (κ3) is 3.07. The van der Waals surface area contributed by atoms with Crippen molar-refractivity contribution < 1.29 is 4.79 Å². The summed E-state index contributed by atoms with van der Waals surface area (Å²) in [6.07, 6.45) is 4.23. The molecule has 0 aliphatic heterocycles. The molecule has 0 spiro atoms. The molecule has 0 atom stereocenters. The number of benzene rings is 1. The highest BCUT2D eigenvalue weighted by Gasteiger charge is 2.06. The summed E-state index contributed by atoms with van der Waals surface area (Å²) in [5.41, 5.74) is 1.60. The lowest BCUT2D eigenvalue weighted by molar-refractivity contribution is -0.116. The lowest BCUT2D eigenvalue weighted by Gasteiger charge is -2.07. The topological polar surface area (TPSA) is 42.0 Å². The van der Waals surface area contributed by atoms with Crippen molar-refractivity contribution in [3.05, 3.63) is 34.9 Å². The van der Waals surface area contributed by atoms with Gasteiger partial charge in [0, 0.05) is 22.5 Å². The van der Waals surface area contributed by atoms with Crippen LogP contribution in [0.4, 0.5) is 5.69 Å². The van der Waals surface area contributed by atoms with Gasteiger partial charge in [-0.3, -0.25) is 9.78 Å². The second kappa shape index (κ2) is 5.96. The standard InChI is InChI=1S/C14H15BrN2O/c1-2-3-7-13(18)17-12-6-4-5-10-8-11(15)9-16-14(10)12/h4-6,8-9H,2-3,7H2,1H3,(H,17,18). The second-order valence-corrected chi connectivity index (χ2v) is 5.10. The predicted molar refractivity (Wildman–Crippen MR) is 77.6 cm³/mol. The molecule has 2 aromatic rings. The van der Waals surface area contributed by atoms with Crippen molar-refractivity contribution in [3.63, 3.8) is 0 Å². The van der Waals surface area contributed by atoms with Crippen LogP contribution in [0.2, 0.25) is 0 Å². The molecule has 0 unspecified atom stereocenters. The maximum absolute atomic E-state index is 11.7. The molecule has 1 amide bonds. The Hall–Kier alpha value is -1.42. The van der Waals surface area contributed by atoms with Gasteiger partial charge in [-0.1, -0.05) is 25.5 Å². The number of carbonyl (C=O) groups excluding carboxylic acids is 1. The molecule has 0 aliphatic carbocycles. The van der Waals surface area contributed by atoms with E-state index < -0.39 is 0 Å². The first-order valence-electron chi connectivity index (χ1n) is 6.05. The number of amides is 1. The van der Waals surface area contributed by atoms with Crippen molar-refractivity contribution >= 4 is 38.4 Å². The first-order valence-corrected chi connectivity index (χ1v) is 6.84. The van der Waals surface area contributed by atoms with Crippen molar-refractivity contribution in [2.24, 2.45) is 0 Å². The van der Waals surface area contributed by atoms with Gasteiger partial charge in [-0.15, -0.1) is 0 Å². The van der Waals surface area contributed by atoms with E-state index in [0.29, 0.717) is 6.42 Å². The molecule has 1 aromatic heterocycles. The zero-order valence-electron chi connectivity index (χ0n) is 10.2. The van der Waals surface area contributed by atoms with E-state index in [1.807, 2.05) is 24.3 Å². The molecule has 0 saturated carbocycles. The number of nitrogens with zero attached hydrogens (tertiary/aromatic N) is 1. The average molecular weight is 307 g/mol. The smallest absolute Gasteiger partial charge is 0.224 e. The molecule has 0 bridgehead atoms. The van der Waals surface area contributed by atoms with Gasteiger partial charge in [0.15, 0.2) is 0 Å². The molecule has 0 radical (unpaired) electrons. The molecule has 1 N–H and O–H groups in total. The van der Waals surface area contributed by atoms with Crippen LogP contribution >= 0.6 is 15.9 Å². The third-order valence-corrected chi connectivity index (χ3v) is 3.14. The normalized spacial score (nSPS) is 10.6. The van der Waals surface area contributed by atoms with E-state index in [0.717, 1.165) is 33.9 Å². The van der Waals surface area contributed by atoms with Gasteiger partial charge in [-0.05, 0) is 34.5 Å². The zero-order valence-corrected chi connectivity index (χ0v) is 11.8. The van der Waals surface area contributed by atoms with E-state index in [-0.39, 0.29) is 5.91 Å². The van der Waals surface area contributed by atoms with Gasteiger partial charge >= 0.3 is 0 Å². The number of unbranched alkanes of at least 4 members (excludes halogenated alkanes) is 1. The van der Waals surface area contributed by atoms with E-state index in [4.69, 9.17) is 0 Å². The number of anilines is 1. The van der Waals surface area contributed by atoms with Crippen molar-refractivity contribution in [2.45, 2.75) is 26.2 Å². The van der Waals surface area contributed by atoms with E-state index in [1.54, 1.807) is 6.20 Å². The Morgan fingerprint density at radius 2 is 2.28 bits per heavy atom. The molecule has 1 heterocycles. The number of nitrogens with one attached hydrogen (secondary N) is 1. The van der Waals surface area contributed by atoms with Gasteiger partial charge in [-0.25, -0.2) is 0 Å². The fourth-order valence-electron chi connectivity index (χ4n) is 1.78. The summed E-state index contributed by atoms with van der Waals surface area (Å²) in [5.74, 6) is 0.0501. The minimum absolute atomic E-state index is 0.0501. The molecule has 0 saturated heterocycles. The van der Waals surface area contributed by atoms with Gasteiger partial charge in [0.2, 0.25) is 5.91 Å². The summed E-state index contributed by atoms with van der Waals surface area (Å²) in [4.78, 5) is 16.1. The van der Waals surface area contributed by atoms with Gasteiger partial charge in [0.25, 0.3) is 0 Å². The fraction of sp³-hybridized carbons (Fsp3) is 0.286. The van der Waals surface area contributed by atoms with Gasteiger partial charge in [-0.2, -0.15) is 0 Å². The summed E-state index contributed by atoms with van der Waals surface area (Å²) >= 11 is 3.39. The van der Waals surface area contributed by atoms with Gasteiger partial charge < -0.3 is 5.32 Å². The summed E-state index contributed by atoms with van der Waals surface area (Å²) in [7, 11) is 0. The molecular formula is C14H15BrN2O. The number of hydrogen-bond donors (Lipinski definition) is 1. The third-order valence-electron chi connectivity index (χ3n) is 2.71. The van der Waals surface area contributed by atoms with E-state index in [2.05, 4.69) is 33.2 Å². The molecule has 4 heteroatoms. The Labute approximate surface area is 115 Å². The first-order chi connectivity index (χ1) is 8.70. The Balaban J connectivity index is 2.25. The van der Waals surface area contributed by atoms with Crippen LogP contribution < -0.4 is 5.32 Å². The van der Waals surface area contributed by atoms with Crippen LogP contribution in [0.15, 0.2) is 34.9 Å². The molecular weight excluding hydrogens is 292 g/mol. The van der Waals surface area contributed by atoms with Crippen LogP contribution in [0.3, 0.4) is 0 Å². The van der Waals surface area contributed by atoms with Crippen LogP contribution in [0.1, 0.15) is 26.2 Å². The first kappa shape index (κ1) is 13.0. The molecule has 1 aromatic carbocycles. The Morgan fingerprint density at radius 3 is 3.06 bits per heavy atom. The van der Waals surface area contributed by atoms with Crippen molar-refractivity contribution in [1.29, 1.82) is 0 Å². The number of fused-ring (bicyclic) bond motifs is 1. The highest BCUT2D eigenvalue weighted by molar-refractivity contribution is 9.10. The number of rotatable bonds is 4. The quantitative estimate of drug-likeness (QED) is 0.923. The highest BCUT2D eigenvalue weighted by Crippen LogP contribution is 2.24. The van der Waals surface area contributed by atoms with Crippen LogP contribution in [-0.2, 0) is 4.79 Å². The van der Waals surface area contributed by atoms with E-state index in [9.17, 15) is 4.79 Å². The van der Waals surface area contributed by atoms with E-state index in [1.165, 1.54) is 0 Å². The highest BCUT2D eigenvalue weighted by atomic mass is 79.9. The summed E-state index contributed by atoms with van der Waals surface area (Å²) in [5, 5.41) is 3.93. The van der Waals surface area contributed by atoms with Crippen LogP contribution in [-0.4, -0.2) is 10.9 Å². The molecule has 0 aliphatic rings. The lowest BCUT2D eigenvalue weighted by atomic mass is 10.2. The average Bonchev–Trinajstić information content (AvgIpc) is 2.36. The number of para-hydroxylation sites is 1. The largest absolute Gasteiger partial charge is 0.324 e. The number of hydrogen-bond acceptors (Lipinski definition) is 2. The number of carbonyl (C=O) groups is 1. The number of halogens is 1. The summed E-state index contributed by atoms with van der Waals surface area (Å²) in [6.45, 7) is 2.07. The Kier molecular flexibility index (Phi) is 4.31. The van der Waals surface area contributed by atoms with Gasteiger partial charge in [0.1, 0.15) is 0 Å². The lowest BCUT2D eigenvalue weighted by Crippen LogP contribution is -2.11.